The molecular weight excluding hydrogens is 330 g/mol. The van der Waals surface area contributed by atoms with Crippen molar-refractivity contribution in [3.8, 4) is 0 Å². The van der Waals surface area contributed by atoms with Gasteiger partial charge in [-0.2, -0.15) is 10.2 Å². The van der Waals surface area contributed by atoms with Gasteiger partial charge in [-0.05, 0) is 30.5 Å². The van der Waals surface area contributed by atoms with Gasteiger partial charge in [0.2, 0.25) is 0 Å². The maximum atomic E-state index is 12.3. The van der Waals surface area contributed by atoms with Gasteiger partial charge in [0.25, 0.3) is 5.91 Å². The number of carbonyl (C=O) groups is 1. The van der Waals surface area contributed by atoms with Gasteiger partial charge in [0, 0.05) is 11.9 Å². The van der Waals surface area contributed by atoms with Crippen molar-refractivity contribution in [2.75, 3.05) is 0 Å². The maximum absolute atomic E-state index is 12.3. The molecule has 0 fully saturated rings. The monoisotopic (exact) mass is 347 g/mol. The fourth-order valence-electron chi connectivity index (χ4n) is 2.00. The molecule has 0 saturated carbocycles. The molecule has 0 atom stereocenters. The van der Waals surface area contributed by atoms with Crippen molar-refractivity contribution >= 4 is 21.8 Å². The third-order valence-corrected chi connectivity index (χ3v) is 3.85. The van der Waals surface area contributed by atoms with Crippen molar-refractivity contribution in [2.45, 2.75) is 32.1 Å². The number of aromatic nitrogens is 2. The Morgan fingerprint density at radius 2 is 1.86 bits per heavy atom. The van der Waals surface area contributed by atoms with Crippen LogP contribution in [0.1, 0.15) is 39.8 Å². The van der Waals surface area contributed by atoms with Crippen LogP contribution < -0.4 is 5.32 Å². The molecule has 0 radical (unpaired) electrons. The molecule has 0 unspecified atom stereocenters. The van der Waals surface area contributed by atoms with E-state index in [1.165, 1.54) is 5.56 Å². The lowest BCUT2D eigenvalue weighted by atomic mass is 10.1. The summed E-state index contributed by atoms with van der Waals surface area (Å²) in [7, 11) is 0. The third kappa shape index (κ3) is 4.11. The Balaban J connectivity index is 2.05. The number of hydrogen-bond acceptors (Lipinski definition) is 3. The highest BCUT2D eigenvalue weighted by molar-refractivity contribution is 9.08. The van der Waals surface area contributed by atoms with Crippen molar-refractivity contribution in [1.82, 2.24) is 15.5 Å². The molecule has 1 amide bonds. The van der Waals surface area contributed by atoms with Crippen LogP contribution in [0.25, 0.3) is 0 Å². The van der Waals surface area contributed by atoms with E-state index < -0.39 is 0 Å². The van der Waals surface area contributed by atoms with Gasteiger partial charge in [-0.3, -0.25) is 4.79 Å². The van der Waals surface area contributed by atoms with Crippen LogP contribution in [-0.2, 0) is 18.3 Å². The summed E-state index contributed by atoms with van der Waals surface area (Å²) in [5.41, 5.74) is 4.38. The van der Waals surface area contributed by atoms with E-state index in [9.17, 15) is 4.79 Å². The second-order valence-corrected chi connectivity index (χ2v) is 5.39. The summed E-state index contributed by atoms with van der Waals surface area (Å²) in [4.78, 5) is 12.3. The van der Waals surface area contributed by atoms with Gasteiger partial charge >= 0.3 is 0 Å². The topological polar surface area (TPSA) is 54.9 Å². The van der Waals surface area contributed by atoms with Crippen LogP contribution in [0, 0.1) is 6.92 Å². The van der Waals surface area contributed by atoms with Gasteiger partial charge in [-0.1, -0.05) is 47.1 Å². The minimum Gasteiger partial charge on any atom is -0.348 e. The molecule has 0 spiro atoms. The molecule has 1 aromatic carbocycles. The van der Waals surface area contributed by atoms with Gasteiger partial charge < -0.3 is 5.32 Å². The zero-order chi connectivity index (χ0) is 15.2. The summed E-state index contributed by atoms with van der Waals surface area (Å²) >= 11 is 3.41. The number of amides is 1. The van der Waals surface area contributed by atoms with Crippen molar-refractivity contribution in [2.24, 2.45) is 0 Å². The van der Waals surface area contributed by atoms with Crippen LogP contribution in [0.5, 0.6) is 0 Å². The van der Waals surface area contributed by atoms with E-state index in [0.717, 1.165) is 22.3 Å². The third-order valence-electron chi connectivity index (χ3n) is 3.20. The molecule has 2 aromatic rings. The minimum atomic E-state index is -0.102. The first kappa shape index (κ1) is 15.6. The fraction of sp³-hybridized carbons (Fsp3) is 0.312. The molecule has 1 heterocycles. The van der Waals surface area contributed by atoms with Crippen molar-refractivity contribution < 1.29 is 4.79 Å². The summed E-state index contributed by atoms with van der Waals surface area (Å²) < 4.78 is 0. The molecule has 0 aliphatic carbocycles. The molecular formula is C16H18BrN3O. The molecule has 0 bridgehead atoms. The first-order valence-corrected chi connectivity index (χ1v) is 8.01. The highest BCUT2D eigenvalue weighted by atomic mass is 79.9. The zero-order valence-corrected chi connectivity index (χ0v) is 13.8. The summed E-state index contributed by atoms with van der Waals surface area (Å²) in [6, 6.07) is 9.92. The summed E-state index contributed by atoms with van der Waals surface area (Å²) in [6.45, 7) is 4.31. The van der Waals surface area contributed by atoms with Crippen LogP contribution in [0.15, 0.2) is 30.3 Å². The molecule has 110 valence electrons. The lowest BCUT2D eigenvalue weighted by Gasteiger charge is -2.09. The first-order valence-electron chi connectivity index (χ1n) is 6.89. The lowest BCUT2D eigenvalue weighted by molar-refractivity contribution is 0.0949. The van der Waals surface area contributed by atoms with Crippen LogP contribution in [0.4, 0.5) is 0 Å². The Bertz CT molecular complexity index is 626. The lowest BCUT2D eigenvalue weighted by Crippen LogP contribution is -2.24. The number of nitrogens with one attached hydrogen (secondary N) is 1. The average Bonchev–Trinajstić information content (AvgIpc) is 2.53. The standard InChI is InChI=1S/C16H18BrN3O/c1-3-15-14(8-11(2)19-20-15)16(21)18-10-13-6-4-12(9-17)5-7-13/h4-8H,3,9-10H2,1-2H3,(H,18,21). The molecule has 1 aromatic heterocycles. The van der Waals surface area contributed by atoms with Crippen LogP contribution in [0.3, 0.4) is 0 Å². The van der Waals surface area contributed by atoms with Crippen LogP contribution >= 0.6 is 15.9 Å². The Labute approximate surface area is 133 Å². The Kier molecular flexibility index (Phi) is 5.44. The molecule has 21 heavy (non-hydrogen) atoms. The van der Waals surface area contributed by atoms with Crippen molar-refractivity contribution in [1.29, 1.82) is 0 Å². The predicted octanol–water partition coefficient (Wildman–Crippen LogP) is 3.17. The zero-order valence-electron chi connectivity index (χ0n) is 12.2. The quantitative estimate of drug-likeness (QED) is 0.845. The van der Waals surface area contributed by atoms with E-state index in [4.69, 9.17) is 0 Å². The summed E-state index contributed by atoms with van der Waals surface area (Å²) in [6.07, 6.45) is 0.690. The molecule has 0 saturated heterocycles. The number of rotatable bonds is 5. The SMILES string of the molecule is CCc1nnc(C)cc1C(=O)NCc1ccc(CBr)cc1. The van der Waals surface area contributed by atoms with Crippen molar-refractivity contribution in [3.63, 3.8) is 0 Å². The molecule has 0 aliphatic rings. The molecule has 1 N–H and O–H groups in total. The average molecular weight is 348 g/mol. The normalized spacial score (nSPS) is 10.4. The minimum absolute atomic E-state index is 0.102. The summed E-state index contributed by atoms with van der Waals surface area (Å²) in [5.74, 6) is -0.102. The second kappa shape index (κ2) is 7.31. The van der Waals surface area contributed by atoms with Crippen LogP contribution in [0.2, 0.25) is 0 Å². The van der Waals surface area contributed by atoms with Gasteiger partial charge in [0.1, 0.15) is 0 Å². The van der Waals surface area contributed by atoms with Gasteiger partial charge in [0.15, 0.2) is 0 Å². The van der Waals surface area contributed by atoms with Gasteiger partial charge in [-0.15, -0.1) is 0 Å². The molecule has 4 nitrogen and oxygen atoms in total. The highest BCUT2D eigenvalue weighted by Crippen LogP contribution is 2.10. The largest absolute Gasteiger partial charge is 0.348 e. The number of halogens is 1. The molecule has 0 aliphatic heterocycles. The number of carbonyl (C=O) groups excluding carboxylic acids is 1. The van der Waals surface area contributed by atoms with E-state index in [0.29, 0.717) is 18.5 Å². The number of nitrogens with zero attached hydrogens (tertiary/aromatic N) is 2. The molecule has 2 rings (SSSR count). The predicted molar refractivity (Wildman–Crippen MR) is 86.4 cm³/mol. The smallest absolute Gasteiger partial charge is 0.253 e. The van der Waals surface area contributed by atoms with Crippen LogP contribution in [-0.4, -0.2) is 16.1 Å². The van der Waals surface area contributed by atoms with E-state index in [2.05, 4.69) is 31.4 Å². The Morgan fingerprint density at radius 1 is 1.19 bits per heavy atom. The van der Waals surface area contributed by atoms with E-state index in [-0.39, 0.29) is 5.91 Å². The number of hydrogen-bond donors (Lipinski definition) is 1. The van der Waals surface area contributed by atoms with E-state index >= 15 is 0 Å². The van der Waals surface area contributed by atoms with Gasteiger partial charge in [0.05, 0.1) is 17.0 Å². The fourth-order valence-corrected chi connectivity index (χ4v) is 2.37. The highest BCUT2D eigenvalue weighted by Gasteiger charge is 2.12. The number of benzene rings is 1. The van der Waals surface area contributed by atoms with E-state index in [1.807, 2.05) is 38.1 Å². The second-order valence-electron chi connectivity index (χ2n) is 4.83. The molecule has 5 heteroatoms. The Hall–Kier alpha value is -1.75. The number of aryl methyl sites for hydroxylation is 2. The van der Waals surface area contributed by atoms with E-state index in [1.54, 1.807) is 6.07 Å². The first-order chi connectivity index (χ1) is 10.1. The van der Waals surface area contributed by atoms with Crippen molar-refractivity contribution in [3.05, 3.63) is 58.4 Å². The van der Waals surface area contributed by atoms with Gasteiger partial charge in [-0.25, -0.2) is 0 Å². The number of alkyl halides is 1. The summed E-state index contributed by atoms with van der Waals surface area (Å²) in [5, 5.41) is 11.8. The Morgan fingerprint density at radius 3 is 2.48 bits per heavy atom. The maximum Gasteiger partial charge on any atom is 0.253 e.